The second kappa shape index (κ2) is 8.38. The number of alkyl halides is 3. The van der Waals surface area contributed by atoms with Gasteiger partial charge in [-0.2, -0.15) is 13.2 Å². The molecule has 0 aliphatic heterocycles. The molecule has 4 N–H and O–H groups in total. The van der Waals surface area contributed by atoms with Crippen LogP contribution in [0.4, 0.5) is 13.2 Å². The van der Waals surface area contributed by atoms with Crippen molar-refractivity contribution in [1.82, 2.24) is 0 Å². The van der Waals surface area contributed by atoms with Crippen molar-refractivity contribution >= 4 is 33.4 Å². The van der Waals surface area contributed by atoms with Crippen LogP contribution in [0.1, 0.15) is 41.3 Å². The number of allylic oxidation sites excluding steroid dienone is 2. The Balaban J connectivity index is 2.44. The van der Waals surface area contributed by atoms with Crippen LogP contribution in [-0.4, -0.2) is 24.5 Å². The van der Waals surface area contributed by atoms with Crippen LogP contribution in [0.2, 0.25) is 0 Å². The fourth-order valence-corrected chi connectivity index (χ4v) is 3.32. The normalized spacial score (nSPS) is 20.7. The summed E-state index contributed by atoms with van der Waals surface area (Å²) in [5.74, 6) is -2.16. The van der Waals surface area contributed by atoms with Crippen molar-refractivity contribution in [2.24, 2.45) is 16.9 Å². The lowest BCUT2D eigenvalue weighted by Crippen LogP contribution is -2.49. The van der Waals surface area contributed by atoms with Gasteiger partial charge in [-0.1, -0.05) is 12.1 Å². The molecule has 2 rings (SSSR count). The first-order valence-corrected chi connectivity index (χ1v) is 9.30. The Hall–Kier alpha value is -2.29. The van der Waals surface area contributed by atoms with Crippen molar-refractivity contribution in [3.05, 3.63) is 51.6 Å². The maximum atomic E-state index is 13.8. The van der Waals surface area contributed by atoms with Gasteiger partial charge in [-0.05, 0) is 65.0 Å². The molecule has 0 aromatic heterocycles. The number of carbonyl (C=O) groups excluding carboxylic acids is 2. The third-order valence-corrected chi connectivity index (χ3v) is 4.92. The topological polar surface area (TPSA) is 95.4 Å². The predicted octanol–water partition coefficient (Wildman–Crippen LogP) is 3.81. The van der Waals surface area contributed by atoms with E-state index in [9.17, 15) is 22.8 Å². The van der Waals surface area contributed by atoms with Crippen LogP contribution in [0.15, 0.2) is 35.0 Å². The summed E-state index contributed by atoms with van der Waals surface area (Å²) < 4.78 is 46.6. The number of esters is 1. The molecule has 1 aromatic rings. The summed E-state index contributed by atoms with van der Waals surface area (Å²) in [5.41, 5.74) is 9.94. The van der Waals surface area contributed by atoms with Crippen LogP contribution in [-0.2, 0) is 16.0 Å². The number of nitrogens with two attached hydrogens (primary N) is 2. The fourth-order valence-electron chi connectivity index (χ4n) is 3.18. The Morgan fingerprint density at radius 2 is 2.00 bits per heavy atom. The number of hydrogen-bond donors (Lipinski definition) is 2. The number of ether oxygens (including phenoxy) is 1. The molecule has 1 aliphatic rings. The number of halogens is 4. The zero-order chi connectivity index (χ0) is 21.1. The molecule has 0 saturated carbocycles. The molecule has 1 aliphatic carbocycles. The van der Waals surface area contributed by atoms with E-state index in [1.807, 2.05) is 0 Å². The van der Waals surface area contributed by atoms with Gasteiger partial charge in [-0.25, -0.2) is 0 Å². The lowest BCUT2D eigenvalue weighted by Gasteiger charge is -2.37. The van der Waals surface area contributed by atoms with Crippen molar-refractivity contribution in [3.63, 3.8) is 0 Å². The molecule has 9 heteroatoms. The molecular formula is C19H20BrF3N2O3. The van der Waals surface area contributed by atoms with Crippen LogP contribution < -0.4 is 11.5 Å². The summed E-state index contributed by atoms with van der Waals surface area (Å²) in [6, 6.07) is 4.37. The number of benzene rings is 1. The van der Waals surface area contributed by atoms with E-state index < -0.39 is 36.2 Å². The number of carbonyl (C=O) groups is 2. The standard InChI is InChI=1S/C19H20BrF3N2O3/c1-2-28-16(26)10-18(19(21,22)23)8-7-11-9-12(3-4-13(11)17(18)27)14(24)5-6-15(20)25/h3-6,9H,2,7-8,10,24-25H2,1H3/b14-5-,15-6-. The number of fused-ring (bicyclic) bond motifs is 1. The molecule has 0 saturated heterocycles. The highest BCUT2D eigenvalue weighted by molar-refractivity contribution is 9.11. The van der Waals surface area contributed by atoms with E-state index in [1.54, 1.807) is 6.07 Å². The van der Waals surface area contributed by atoms with E-state index in [0.717, 1.165) is 0 Å². The monoisotopic (exact) mass is 460 g/mol. The smallest absolute Gasteiger partial charge is 0.402 e. The van der Waals surface area contributed by atoms with Crippen LogP contribution in [0, 0.1) is 5.41 Å². The average Bonchev–Trinajstić information content (AvgIpc) is 2.61. The third-order valence-electron chi connectivity index (χ3n) is 4.66. The highest BCUT2D eigenvalue weighted by Crippen LogP contribution is 2.50. The summed E-state index contributed by atoms with van der Waals surface area (Å²) in [5, 5.41) is 0. The minimum atomic E-state index is -4.87. The van der Waals surface area contributed by atoms with Gasteiger partial charge >= 0.3 is 12.1 Å². The SMILES string of the molecule is CCOC(=O)CC1(C(F)(F)F)CCc2cc(/C(N)=C/C=C(\N)Br)ccc2C1=O. The van der Waals surface area contributed by atoms with Gasteiger partial charge in [0, 0.05) is 11.3 Å². The first kappa shape index (κ1) is 22.0. The Kier molecular flexibility index (Phi) is 6.59. The zero-order valence-corrected chi connectivity index (χ0v) is 16.7. The number of aryl methyl sites for hydroxylation is 1. The summed E-state index contributed by atoms with van der Waals surface area (Å²) in [6.07, 6.45) is -3.38. The van der Waals surface area contributed by atoms with Gasteiger partial charge in [0.25, 0.3) is 0 Å². The number of Topliss-reactive ketones (excluding diaryl/α,β-unsaturated/α-hetero) is 1. The Labute approximate surface area is 168 Å². The van der Waals surface area contributed by atoms with E-state index in [0.29, 0.717) is 21.4 Å². The summed E-state index contributed by atoms with van der Waals surface area (Å²) in [7, 11) is 0. The van der Waals surface area contributed by atoms with E-state index in [2.05, 4.69) is 20.7 Å². The molecule has 0 fully saturated rings. The molecule has 28 heavy (non-hydrogen) atoms. The van der Waals surface area contributed by atoms with Crippen molar-refractivity contribution in [2.45, 2.75) is 32.4 Å². The highest BCUT2D eigenvalue weighted by Gasteiger charge is 2.62. The third kappa shape index (κ3) is 4.40. The maximum absolute atomic E-state index is 13.8. The minimum Gasteiger partial charge on any atom is -0.466 e. The largest absolute Gasteiger partial charge is 0.466 e. The molecule has 0 spiro atoms. The molecule has 1 unspecified atom stereocenters. The molecule has 0 bridgehead atoms. The van der Waals surface area contributed by atoms with Crippen molar-refractivity contribution < 1.29 is 27.5 Å². The van der Waals surface area contributed by atoms with Crippen LogP contribution >= 0.6 is 15.9 Å². The van der Waals surface area contributed by atoms with Gasteiger partial charge in [0.15, 0.2) is 5.78 Å². The van der Waals surface area contributed by atoms with E-state index in [-0.39, 0.29) is 18.6 Å². The first-order valence-electron chi connectivity index (χ1n) is 8.50. The highest BCUT2D eigenvalue weighted by atomic mass is 79.9. The Morgan fingerprint density at radius 3 is 2.57 bits per heavy atom. The van der Waals surface area contributed by atoms with Gasteiger partial charge in [0.1, 0.15) is 5.41 Å². The van der Waals surface area contributed by atoms with Gasteiger partial charge < -0.3 is 16.2 Å². The van der Waals surface area contributed by atoms with Gasteiger partial charge in [0.2, 0.25) is 0 Å². The molecule has 152 valence electrons. The van der Waals surface area contributed by atoms with Crippen LogP contribution in [0.3, 0.4) is 0 Å². The lowest BCUT2D eigenvalue weighted by atomic mass is 9.67. The van der Waals surface area contributed by atoms with Gasteiger partial charge in [-0.15, -0.1) is 0 Å². The van der Waals surface area contributed by atoms with Gasteiger partial charge in [-0.3, -0.25) is 9.59 Å². The zero-order valence-electron chi connectivity index (χ0n) is 15.1. The second-order valence-electron chi connectivity index (χ2n) is 6.44. The lowest BCUT2D eigenvalue weighted by molar-refractivity contribution is -0.213. The molecule has 1 atom stereocenters. The molecule has 0 heterocycles. The Bertz CT molecular complexity index is 845. The number of hydrogen-bond acceptors (Lipinski definition) is 5. The fraction of sp³-hybridized carbons (Fsp3) is 0.368. The van der Waals surface area contributed by atoms with Crippen molar-refractivity contribution in [2.75, 3.05) is 6.61 Å². The molecule has 1 aromatic carbocycles. The predicted molar refractivity (Wildman–Crippen MR) is 102 cm³/mol. The maximum Gasteiger partial charge on any atom is 0.402 e. The summed E-state index contributed by atoms with van der Waals surface area (Å²) in [4.78, 5) is 24.6. The Morgan fingerprint density at radius 1 is 1.32 bits per heavy atom. The van der Waals surface area contributed by atoms with Crippen molar-refractivity contribution in [1.29, 1.82) is 0 Å². The van der Waals surface area contributed by atoms with E-state index in [4.69, 9.17) is 11.5 Å². The van der Waals surface area contributed by atoms with Crippen LogP contribution in [0.5, 0.6) is 0 Å². The van der Waals surface area contributed by atoms with E-state index in [1.165, 1.54) is 31.2 Å². The average molecular weight is 461 g/mol. The molecule has 5 nitrogen and oxygen atoms in total. The first-order chi connectivity index (χ1) is 13.0. The minimum absolute atomic E-state index is 0.0163. The van der Waals surface area contributed by atoms with Gasteiger partial charge in [0.05, 0.1) is 17.6 Å². The number of rotatable bonds is 5. The molecule has 0 amide bonds. The van der Waals surface area contributed by atoms with Crippen LogP contribution in [0.25, 0.3) is 5.70 Å². The quantitative estimate of drug-likeness (QED) is 0.395. The summed E-state index contributed by atoms with van der Waals surface area (Å²) in [6.45, 7) is 1.44. The molecular weight excluding hydrogens is 441 g/mol. The number of ketones is 1. The van der Waals surface area contributed by atoms with Crippen molar-refractivity contribution in [3.8, 4) is 0 Å². The summed E-state index contributed by atoms with van der Waals surface area (Å²) >= 11 is 3.05. The second-order valence-corrected chi connectivity index (χ2v) is 7.35. The van der Waals surface area contributed by atoms with E-state index >= 15 is 0 Å². The molecule has 0 radical (unpaired) electrons.